The number of fused-ring (bicyclic) bond motifs is 1. The number of carbonyl (C=O) groups excluding carboxylic acids is 3. The van der Waals surface area contributed by atoms with Gasteiger partial charge in [-0.15, -0.1) is 0 Å². The Morgan fingerprint density at radius 2 is 1.84 bits per heavy atom. The van der Waals surface area contributed by atoms with E-state index in [0.717, 1.165) is 0 Å². The van der Waals surface area contributed by atoms with E-state index >= 15 is 0 Å². The highest BCUT2D eigenvalue weighted by Gasteiger charge is 2.46. The van der Waals surface area contributed by atoms with Crippen molar-refractivity contribution in [3.8, 4) is 0 Å². The number of imide groups is 1. The average Bonchev–Trinajstić information content (AvgIpc) is 2.64. The zero-order chi connectivity index (χ0) is 14.0. The van der Waals surface area contributed by atoms with Gasteiger partial charge in [0.1, 0.15) is 6.61 Å². The topological polar surface area (TPSA) is 63.7 Å². The molecule has 5 heteroatoms. The molecule has 0 aromatic carbocycles. The Morgan fingerprint density at radius 3 is 2.32 bits per heavy atom. The van der Waals surface area contributed by atoms with Crippen LogP contribution in [0.5, 0.6) is 0 Å². The van der Waals surface area contributed by atoms with Crippen LogP contribution in [0, 0.1) is 11.8 Å². The largest absolute Gasteiger partial charge is 0.460 e. The van der Waals surface area contributed by atoms with Crippen molar-refractivity contribution < 1.29 is 19.1 Å². The third-order valence-corrected chi connectivity index (χ3v) is 3.50. The summed E-state index contributed by atoms with van der Waals surface area (Å²) in [5.41, 5.74) is 0.303. The molecule has 2 atom stereocenters. The maximum absolute atomic E-state index is 12.1. The molecule has 2 rings (SSSR count). The first-order valence-corrected chi connectivity index (χ1v) is 6.35. The molecule has 102 valence electrons. The highest BCUT2D eigenvalue weighted by molar-refractivity contribution is 6.05. The van der Waals surface area contributed by atoms with Crippen molar-refractivity contribution in [3.63, 3.8) is 0 Å². The Morgan fingerprint density at radius 1 is 1.32 bits per heavy atom. The number of amides is 2. The summed E-state index contributed by atoms with van der Waals surface area (Å²) >= 11 is 0. The van der Waals surface area contributed by atoms with Crippen LogP contribution in [0.15, 0.2) is 24.3 Å². The number of allylic oxidation sites excluding steroid dienone is 2. The third-order valence-electron chi connectivity index (χ3n) is 3.50. The summed E-state index contributed by atoms with van der Waals surface area (Å²) in [6.07, 6.45) is 5.13. The second-order valence-electron chi connectivity index (χ2n) is 4.90. The maximum Gasteiger partial charge on any atom is 0.333 e. The van der Waals surface area contributed by atoms with Crippen LogP contribution in [0.4, 0.5) is 0 Å². The molecule has 1 fully saturated rings. The number of ether oxygens (including phenoxy) is 1. The van der Waals surface area contributed by atoms with E-state index in [1.807, 2.05) is 12.2 Å². The first-order chi connectivity index (χ1) is 9.02. The molecule has 1 heterocycles. The zero-order valence-corrected chi connectivity index (χ0v) is 10.9. The average molecular weight is 263 g/mol. The van der Waals surface area contributed by atoms with Crippen molar-refractivity contribution in [3.05, 3.63) is 24.3 Å². The molecule has 0 bridgehead atoms. The number of carbonyl (C=O) groups is 3. The van der Waals surface area contributed by atoms with E-state index in [4.69, 9.17) is 4.74 Å². The number of hydrogen-bond acceptors (Lipinski definition) is 4. The monoisotopic (exact) mass is 263 g/mol. The van der Waals surface area contributed by atoms with Gasteiger partial charge in [-0.1, -0.05) is 18.7 Å². The Bertz CT molecular complexity index is 440. The molecule has 0 saturated carbocycles. The predicted octanol–water partition coefficient (Wildman–Crippen LogP) is 1.06. The van der Waals surface area contributed by atoms with Crippen molar-refractivity contribution in [2.45, 2.75) is 19.8 Å². The van der Waals surface area contributed by atoms with Crippen LogP contribution in [0.2, 0.25) is 0 Å². The van der Waals surface area contributed by atoms with Gasteiger partial charge in [0.25, 0.3) is 0 Å². The zero-order valence-electron chi connectivity index (χ0n) is 10.9. The van der Waals surface area contributed by atoms with Gasteiger partial charge in [-0.2, -0.15) is 0 Å². The molecule has 2 aliphatic rings. The van der Waals surface area contributed by atoms with Crippen molar-refractivity contribution in [1.82, 2.24) is 4.90 Å². The van der Waals surface area contributed by atoms with E-state index < -0.39 is 5.97 Å². The highest BCUT2D eigenvalue weighted by atomic mass is 16.5. The fourth-order valence-electron chi connectivity index (χ4n) is 2.44. The molecule has 5 nitrogen and oxygen atoms in total. The van der Waals surface area contributed by atoms with E-state index in [1.165, 1.54) is 4.90 Å². The van der Waals surface area contributed by atoms with Gasteiger partial charge in [0.05, 0.1) is 18.4 Å². The van der Waals surface area contributed by atoms with Crippen LogP contribution in [0.25, 0.3) is 0 Å². The Kier molecular flexibility index (Phi) is 3.83. The summed E-state index contributed by atoms with van der Waals surface area (Å²) < 4.78 is 4.92. The first kappa shape index (κ1) is 13.5. The fraction of sp³-hybridized carbons (Fsp3) is 0.500. The maximum atomic E-state index is 12.1. The van der Waals surface area contributed by atoms with Crippen molar-refractivity contribution in [1.29, 1.82) is 0 Å². The van der Waals surface area contributed by atoms with Crippen LogP contribution in [0.3, 0.4) is 0 Å². The molecular weight excluding hydrogens is 246 g/mol. The number of nitrogens with zero attached hydrogens (tertiary/aromatic N) is 1. The van der Waals surface area contributed by atoms with Crippen LogP contribution >= 0.6 is 0 Å². The minimum absolute atomic E-state index is 0.0239. The summed E-state index contributed by atoms with van der Waals surface area (Å²) in [6, 6.07) is 0. The molecule has 1 aliphatic heterocycles. The summed E-state index contributed by atoms with van der Waals surface area (Å²) in [5.74, 6) is -1.25. The molecule has 0 aromatic heterocycles. The lowest BCUT2D eigenvalue weighted by Crippen LogP contribution is -2.34. The van der Waals surface area contributed by atoms with Gasteiger partial charge in [-0.05, 0) is 19.8 Å². The van der Waals surface area contributed by atoms with Crippen LogP contribution in [-0.4, -0.2) is 35.8 Å². The van der Waals surface area contributed by atoms with Gasteiger partial charge >= 0.3 is 5.97 Å². The van der Waals surface area contributed by atoms with Gasteiger partial charge < -0.3 is 4.74 Å². The Labute approximate surface area is 111 Å². The van der Waals surface area contributed by atoms with Crippen molar-refractivity contribution in [2.75, 3.05) is 13.2 Å². The van der Waals surface area contributed by atoms with E-state index in [0.29, 0.717) is 18.4 Å². The Balaban J connectivity index is 1.91. The van der Waals surface area contributed by atoms with Gasteiger partial charge in [-0.3, -0.25) is 14.5 Å². The van der Waals surface area contributed by atoms with E-state index in [2.05, 4.69) is 6.58 Å². The van der Waals surface area contributed by atoms with Crippen LogP contribution < -0.4 is 0 Å². The van der Waals surface area contributed by atoms with E-state index in [9.17, 15) is 14.4 Å². The van der Waals surface area contributed by atoms with Crippen LogP contribution in [0.1, 0.15) is 19.8 Å². The lowest BCUT2D eigenvalue weighted by atomic mass is 9.85. The molecule has 0 spiro atoms. The standard InChI is InChI=1S/C14H17NO4/c1-9(2)14(18)19-8-7-15-12(16)10-5-3-4-6-11(10)13(15)17/h3-4,10-11H,1,5-8H2,2H3. The molecule has 0 N–H and O–H groups in total. The fourth-order valence-corrected chi connectivity index (χ4v) is 2.44. The third kappa shape index (κ3) is 2.59. The number of hydrogen-bond donors (Lipinski definition) is 0. The highest BCUT2D eigenvalue weighted by Crippen LogP contribution is 2.34. The van der Waals surface area contributed by atoms with Crippen molar-refractivity contribution >= 4 is 17.8 Å². The van der Waals surface area contributed by atoms with E-state index in [-0.39, 0.29) is 36.8 Å². The first-order valence-electron chi connectivity index (χ1n) is 6.35. The summed E-state index contributed by atoms with van der Waals surface area (Å²) in [7, 11) is 0. The minimum Gasteiger partial charge on any atom is -0.460 e. The molecule has 2 amide bonds. The summed E-state index contributed by atoms with van der Waals surface area (Å²) in [4.78, 5) is 36.6. The number of likely N-dealkylation sites (tertiary alicyclic amines) is 1. The molecule has 19 heavy (non-hydrogen) atoms. The van der Waals surface area contributed by atoms with Gasteiger partial charge in [0.2, 0.25) is 11.8 Å². The van der Waals surface area contributed by atoms with Crippen LogP contribution in [-0.2, 0) is 19.1 Å². The smallest absolute Gasteiger partial charge is 0.333 e. The second kappa shape index (κ2) is 5.38. The molecule has 2 unspecified atom stereocenters. The quantitative estimate of drug-likeness (QED) is 0.329. The summed E-state index contributed by atoms with van der Waals surface area (Å²) in [6.45, 7) is 5.17. The predicted molar refractivity (Wildman–Crippen MR) is 67.8 cm³/mol. The molecular formula is C14H17NO4. The lowest BCUT2D eigenvalue weighted by Gasteiger charge is -2.14. The second-order valence-corrected chi connectivity index (χ2v) is 4.90. The van der Waals surface area contributed by atoms with Gasteiger partial charge in [0, 0.05) is 5.57 Å². The molecule has 0 radical (unpaired) electrons. The molecule has 0 aromatic rings. The summed E-state index contributed by atoms with van der Waals surface area (Å²) in [5, 5.41) is 0. The normalized spacial score (nSPS) is 25.4. The Hall–Kier alpha value is -1.91. The SMILES string of the molecule is C=C(C)C(=O)OCCN1C(=O)C2CC=CCC2C1=O. The molecule has 1 aliphatic carbocycles. The minimum atomic E-state index is -0.502. The van der Waals surface area contributed by atoms with E-state index in [1.54, 1.807) is 6.92 Å². The lowest BCUT2D eigenvalue weighted by molar-refractivity contribution is -0.145. The van der Waals surface area contributed by atoms with Crippen molar-refractivity contribution in [2.24, 2.45) is 11.8 Å². The van der Waals surface area contributed by atoms with Gasteiger partial charge in [-0.25, -0.2) is 4.79 Å². The van der Waals surface area contributed by atoms with Gasteiger partial charge in [0.15, 0.2) is 0 Å². The molecule has 1 saturated heterocycles. The number of esters is 1. The number of rotatable bonds is 4.